The summed E-state index contributed by atoms with van der Waals surface area (Å²) in [6.07, 6.45) is 5.90. The van der Waals surface area contributed by atoms with Gasteiger partial charge in [-0.3, -0.25) is 9.59 Å². The summed E-state index contributed by atoms with van der Waals surface area (Å²) in [5.41, 5.74) is 0.744. The first-order chi connectivity index (χ1) is 12.5. The van der Waals surface area contributed by atoms with Gasteiger partial charge in [0.15, 0.2) is 6.10 Å². The van der Waals surface area contributed by atoms with Crippen molar-refractivity contribution in [3.8, 4) is 0 Å². The number of nitrogens with one attached hydrogen (secondary N) is 2. The molecule has 1 aromatic carbocycles. The van der Waals surface area contributed by atoms with E-state index >= 15 is 0 Å². The summed E-state index contributed by atoms with van der Waals surface area (Å²) in [5.74, 6) is -1.44. The first-order valence-electron chi connectivity index (χ1n) is 9.01. The highest BCUT2D eigenvalue weighted by atomic mass is 16.5. The molecule has 0 bridgehead atoms. The van der Waals surface area contributed by atoms with Crippen LogP contribution in [-0.2, 0) is 19.1 Å². The number of carbonyl (C=O) groups excluding carboxylic acids is 3. The minimum atomic E-state index is -0.933. The van der Waals surface area contributed by atoms with Gasteiger partial charge < -0.3 is 15.4 Å². The summed E-state index contributed by atoms with van der Waals surface area (Å²) in [4.78, 5) is 36.1. The first kappa shape index (κ1) is 19.7. The quantitative estimate of drug-likeness (QED) is 0.605. The molecule has 2 rings (SSSR count). The van der Waals surface area contributed by atoms with E-state index < -0.39 is 12.1 Å². The van der Waals surface area contributed by atoms with Crippen molar-refractivity contribution in [2.45, 2.75) is 58.1 Å². The Bertz CT molecular complexity index is 664. The SMILES string of the molecule is CC(=O)N/C(=C\c1ccccc1)C(=O)OC(C)C(=O)NC1CCCCC1. The molecule has 26 heavy (non-hydrogen) atoms. The number of esters is 1. The molecule has 0 aliphatic heterocycles. The van der Waals surface area contributed by atoms with Gasteiger partial charge in [-0.25, -0.2) is 4.79 Å². The molecule has 0 heterocycles. The molecular formula is C20H26N2O4. The molecule has 0 spiro atoms. The standard InChI is InChI=1S/C20H26N2O4/c1-14(19(24)22-17-11-7-4-8-12-17)26-20(25)18(21-15(2)23)13-16-9-5-3-6-10-16/h3,5-6,9-10,13-14,17H,4,7-8,11-12H2,1-2H3,(H,21,23)(H,22,24)/b18-13-. The normalized spacial score (nSPS) is 16.5. The van der Waals surface area contributed by atoms with Crippen molar-refractivity contribution < 1.29 is 19.1 Å². The summed E-state index contributed by atoms with van der Waals surface area (Å²) in [6.45, 7) is 2.84. The van der Waals surface area contributed by atoms with Gasteiger partial charge in [0, 0.05) is 13.0 Å². The molecule has 0 aromatic heterocycles. The number of hydrogen-bond acceptors (Lipinski definition) is 4. The van der Waals surface area contributed by atoms with Crippen molar-refractivity contribution in [2.24, 2.45) is 0 Å². The lowest BCUT2D eigenvalue weighted by molar-refractivity contribution is -0.152. The molecule has 2 amide bonds. The van der Waals surface area contributed by atoms with Crippen LogP contribution in [0.5, 0.6) is 0 Å². The van der Waals surface area contributed by atoms with Crippen LogP contribution in [0.3, 0.4) is 0 Å². The van der Waals surface area contributed by atoms with Crippen LogP contribution in [0, 0.1) is 0 Å². The molecule has 2 N–H and O–H groups in total. The molecule has 6 heteroatoms. The fourth-order valence-corrected chi connectivity index (χ4v) is 2.89. The fourth-order valence-electron chi connectivity index (χ4n) is 2.89. The average Bonchev–Trinajstić information content (AvgIpc) is 2.62. The van der Waals surface area contributed by atoms with Crippen LogP contribution in [0.25, 0.3) is 6.08 Å². The highest BCUT2D eigenvalue weighted by Crippen LogP contribution is 2.17. The third kappa shape index (κ3) is 6.35. The van der Waals surface area contributed by atoms with Gasteiger partial charge in [-0.15, -0.1) is 0 Å². The Morgan fingerprint density at radius 2 is 1.77 bits per heavy atom. The van der Waals surface area contributed by atoms with Crippen molar-refractivity contribution in [3.63, 3.8) is 0 Å². The van der Waals surface area contributed by atoms with Gasteiger partial charge >= 0.3 is 5.97 Å². The molecule has 1 unspecified atom stereocenters. The number of carbonyl (C=O) groups is 3. The van der Waals surface area contributed by atoms with E-state index in [1.807, 2.05) is 18.2 Å². The van der Waals surface area contributed by atoms with Gasteiger partial charge in [0.2, 0.25) is 5.91 Å². The van der Waals surface area contributed by atoms with Gasteiger partial charge in [-0.1, -0.05) is 49.6 Å². The number of hydrogen-bond donors (Lipinski definition) is 2. The third-order valence-electron chi connectivity index (χ3n) is 4.25. The number of rotatable bonds is 6. The number of benzene rings is 1. The Hall–Kier alpha value is -2.63. The van der Waals surface area contributed by atoms with Crippen molar-refractivity contribution in [2.75, 3.05) is 0 Å². The maximum atomic E-state index is 12.4. The molecule has 1 atom stereocenters. The lowest BCUT2D eigenvalue weighted by Gasteiger charge is -2.24. The van der Waals surface area contributed by atoms with Crippen LogP contribution in [0.4, 0.5) is 0 Å². The van der Waals surface area contributed by atoms with Crippen molar-refractivity contribution >= 4 is 23.9 Å². The second kappa shape index (κ2) is 9.75. The Morgan fingerprint density at radius 3 is 2.38 bits per heavy atom. The van der Waals surface area contributed by atoms with E-state index in [4.69, 9.17) is 4.74 Å². The second-order valence-corrected chi connectivity index (χ2v) is 6.54. The Kier molecular flexibility index (Phi) is 7.38. The van der Waals surface area contributed by atoms with Crippen LogP contribution in [0.1, 0.15) is 51.5 Å². The Labute approximate surface area is 154 Å². The van der Waals surface area contributed by atoms with E-state index in [0.717, 1.165) is 31.2 Å². The summed E-state index contributed by atoms with van der Waals surface area (Å²) in [7, 11) is 0. The summed E-state index contributed by atoms with van der Waals surface area (Å²) >= 11 is 0. The minimum Gasteiger partial charge on any atom is -0.448 e. The van der Waals surface area contributed by atoms with E-state index in [1.54, 1.807) is 12.1 Å². The molecular weight excluding hydrogens is 332 g/mol. The van der Waals surface area contributed by atoms with E-state index in [2.05, 4.69) is 10.6 Å². The molecule has 1 fully saturated rings. The highest BCUT2D eigenvalue weighted by molar-refractivity contribution is 5.98. The van der Waals surface area contributed by atoms with Crippen LogP contribution >= 0.6 is 0 Å². The average molecular weight is 358 g/mol. The largest absolute Gasteiger partial charge is 0.448 e. The zero-order chi connectivity index (χ0) is 18.9. The smallest absolute Gasteiger partial charge is 0.355 e. The van der Waals surface area contributed by atoms with Crippen molar-refractivity contribution in [1.29, 1.82) is 0 Å². The van der Waals surface area contributed by atoms with Crippen LogP contribution in [0.15, 0.2) is 36.0 Å². The minimum absolute atomic E-state index is 0.000941. The predicted octanol–water partition coefficient (Wildman–Crippen LogP) is 2.54. The zero-order valence-electron chi connectivity index (χ0n) is 15.3. The monoisotopic (exact) mass is 358 g/mol. The Morgan fingerprint density at radius 1 is 1.12 bits per heavy atom. The molecule has 1 aliphatic carbocycles. The van der Waals surface area contributed by atoms with Gasteiger partial charge in [-0.2, -0.15) is 0 Å². The molecule has 1 aromatic rings. The molecule has 6 nitrogen and oxygen atoms in total. The second-order valence-electron chi connectivity index (χ2n) is 6.54. The number of ether oxygens (including phenoxy) is 1. The lowest BCUT2D eigenvalue weighted by Crippen LogP contribution is -2.43. The first-order valence-corrected chi connectivity index (χ1v) is 9.01. The predicted molar refractivity (Wildman–Crippen MR) is 98.8 cm³/mol. The molecule has 0 saturated heterocycles. The van der Waals surface area contributed by atoms with Crippen molar-refractivity contribution in [1.82, 2.24) is 10.6 Å². The number of amides is 2. The third-order valence-corrected chi connectivity index (χ3v) is 4.25. The van der Waals surface area contributed by atoms with E-state index in [1.165, 1.54) is 26.3 Å². The Balaban J connectivity index is 1.99. The molecule has 140 valence electrons. The maximum Gasteiger partial charge on any atom is 0.355 e. The highest BCUT2D eigenvalue weighted by Gasteiger charge is 2.24. The van der Waals surface area contributed by atoms with Gasteiger partial charge in [-0.05, 0) is 31.4 Å². The fraction of sp³-hybridized carbons (Fsp3) is 0.450. The summed E-state index contributed by atoms with van der Waals surface area (Å²) in [6, 6.07) is 9.24. The van der Waals surface area contributed by atoms with Crippen LogP contribution < -0.4 is 10.6 Å². The van der Waals surface area contributed by atoms with Crippen LogP contribution in [0.2, 0.25) is 0 Å². The van der Waals surface area contributed by atoms with E-state index in [9.17, 15) is 14.4 Å². The van der Waals surface area contributed by atoms with Crippen molar-refractivity contribution in [3.05, 3.63) is 41.6 Å². The molecule has 1 aliphatic rings. The van der Waals surface area contributed by atoms with E-state index in [0.29, 0.717) is 0 Å². The lowest BCUT2D eigenvalue weighted by atomic mass is 9.95. The summed E-state index contributed by atoms with van der Waals surface area (Å²) in [5, 5.41) is 5.40. The topological polar surface area (TPSA) is 84.5 Å². The van der Waals surface area contributed by atoms with Gasteiger partial charge in [0.25, 0.3) is 5.91 Å². The summed E-state index contributed by atoms with van der Waals surface area (Å²) < 4.78 is 5.25. The molecule has 0 radical (unpaired) electrons. The van der Waals surface area contributed by atoms with Crippen LogP contribution in [-0.4, -0.2) is 29.9 Å². The maximum absolute atomic E-state index is 12.4. The molecule has 1 saturated carbocycles. The zero-order valence-corrected chi connectivity index (χ0v) is 15.3. The van der Waals surface area contributed by atoms with Gasteiger partial charge in [0.05, 0.1) is 0 Å². The van der Waals surface area contributed by atoms with Gasteiger partial charge in [0.1, 0.15) is 5.70 Å². The van der Waals surface area contributed by atoms with E-state index in [-0.39, 0.29) is 23.6 Å².